The maximum absolute atomic E-state index is 11.3. The Kier molecular flexibility index (Phi) is 6.89. The maximum Gasteiger partial charge on any atom is 0.333 e. The molecule has 0 saturated carbocycles. The second-order valence-corrected chi connectivity index (χ2v) is 8.33. The van der Waals surface area contributed by atoms with Crippen molar-refractivity contribution < 1.29 is 19.4 Å². The fraction of sp³-hybridized carbons (Fsp3) is 0.240. The number of benzene rings is 3. The number of aliphatic carboxylic acids is 1. The molecule has 1 atom stereocenters. The third-order valence-electron chi connectivity index (χ3n) is 5.36. The van der Waals surface area contributed by atoms with Crippen LogP contribution in [0.25, 0.3) is 21.8 Å². The summed E-state index contributed by atoms with van der Waals surface area (Å²) in [5.74, 6) is -0.232. The topological polar surface area (TPSA) is 60.7 Å². The number of hydrogen-bond donors (Lipinski definition) is 1. The van der Waals surface area contributed by atoms with E-state index < -0.39 is 12.1 Å². The van der Waals surface area contributed by atoms with Crippen LogP contribution in [0.2, 0.25) is 10.0 Å². The fourth-order valence-electron chi connectivity index (χ4n) is 3.90. The van der Waals surface area contributed by atoms with Gasteiger partial charge in [-0.2, -0.15) is 0 Å². The van der Waals surface area contributed by atoms with Gasteiger partial charge in [0.25, 0.3) is 0 Å². The van der Waals surface area contributed by atoms with Crippen molar-refractivity contribution in [2.24, 2.45) is 0 Å². The quantitative estimate of drug-likeness (QED) is 0.315. The molecule has 0 aliphatic heterocycles. The van der Waals surface area contributed by atoms with Gasteiger partial charge in [0.15, 0.2) is 6.10 Å². The van der Waals surface area contributed by atoms with E-state index >= 15 is 0 Å². The number of ether oxygens (including phenoxy) is 2. The lowest BCUT2D eigenvalue weighted by Crippen LogP contribution is -2.26. The van der Waals surface area contributed by atoms with E-state index in [2.05, 4.69) is 4.57 Å². The van der Waals surface area contributed by atoms with Gasteiger partial charge < -0.3 is 19.1 Å². The molecule has 0 radical (unpaired) electrons. The summed E-state index contributed by atoms with van der Waals surface area (Å²) in [5.41, 5.74) is 3.02. The predicted molar refractivity (Wildman–Crippen MR) is 128 cm³/mol. The number of hydrogen-bond acceptors (Lipinski definition) is 3. The minimum absolute atomic E-state index is 0.315. The Balaban J connectivity index is 1.47. The molecule has 5 nitrogen and oxygen atoms in total. The number of carbonyl (C=O) groups is 1. The number of carboxylic acid groups (broad SMARTS) is 1. The van der Waals surface area contributed by atoms with E-state index in [4.69, 9.17) is 32.7 Å². The van der Waals surface area contributed by atoms with E-state index in [1.54, 1.807) is 6.92 Å². The van der Waals surface area contributed by atoms with Gasteiger partial charge in [0.1, 0.15) is 12.4 Å². The van der Waals surface area contributed by atoms with Crippen molar-refractivity contribution in [3.05, 3.63) is 76.3 Å². The lowest BCUT2D eigenvalue weighted by Gasteiger charge is -2.13. The molecule has 0 aliphatic rings. The van der Waals surface area contributed by atoms with Crippen LogP contribution in [-0.2, 0) is 22.5 Å². The minimum Gasteiger partial charge on any atom is -0.492 e. The summed E-state index contributed by atoms with van der Waals surface area (Å²) in [4.78, 5) is 11.3. The molecule has 3 aromatic carbocycles. The third kappa shape index (κ3) is 4.85. The van der Waals surface area contributed by atoms with Gasteiger partial charge in [-0.15, -0.1) is 0 Å². The Bertz CT molecular complexity index is 1190. The summed E-state index contributed by atoms with van der Waals surface area (Å²) in [6.07, 6.45) is -0.528. The molecular formula is C25H23Cl2NO4. The summed E-state index contributed by atoms with van der Waals surface area (Å²) < 4.78 is 13.4. The first-order valence-corrected chi connectivity index (χ1v) is 11.1. The minimum atomic E-state index is -0.957. The van der Waals surface area contributed by atoms with Gasteiger partial charge in [-0.25, -0.2) is 4.79 Å². The Labute approximate surface area is 196 Å². The van der Waals surface area contributed by atoms with Gasteiger partial charge in [0.2, 0.25) is 0 Å². The molecule has 0 unspecified atom stereocenters. The van der Waals surface area contributed by atoms with Crippen LogP contribution in [0.1, 0.15) is 12.5 Å². The first kappa shape index (κ1) is 22.5. The van der Waals surface area contributed by atoms with Crippen LogP contribution < -0.4 is 4.74 Å². The highest BCUT2D eigenvalue weighted by Crippen LogP contribution is 2.32. The van der Waals surface area contributed by atoms with Gasteiger partial charge in [-0.3, -0.25) is 0 Å². The second-order valence-electron chi connectivity index (χ2n) is 7.45. The van der Waals surface area contributed by atoms with E-state index in [0.29, 0.717) is 36.2 Å². The van der Waals surface area contributed by atoms with Crippen molar-refractivity contribution in [1.82, 2.24) is 4.57 Å². The number of nitrogens with zero attached hydrogens (tertiary/aromatic N) is 1. The number of halogens is 2. The first-order chi connectivity index (χ1) is 15.5. The van der Waals surface area contributed by atoms with E-state index in [9.17, 15) is 9.90 Å². The van der Waals surface area contributed by atoms with Gasteiger partial charge >= 0.3 is 5.97 Å². The molecule has 0 spiro atoms. The number of fused-ring (bicyclic) bond motifs is 3. The summed E-state index contributed by atoms with van der Waals surface area (Å²) in [5, 5.41) is 12.7. The van der Waals surface area contributed by atoms with Gasteiger partial charge in [-0.05, 0) is 61.0 Å². The molecule has 166 valence electrons. The average Bonchev–Trinajstić information content (AvgIpc) is 3.06. The number of carboxylic acids is 1. The first-order valence-electron chi connectivity index (χ1n) is 10.4. The Morgan fingerprint density at radius 1 is 0.969 bits per heavy atom. The van der Waals surface area contributed by atoms with Crippen LogP contribution in [0.3, 0.4) is 0 Å². The third-order valence-corrected chi connectivity index (χ3v) is 5.83. The lowest BCUT2D eigenvalue weighted by atomic mass is 10.1. The highest BCUT2D eigenvalue weighted by Gasteiger charge is 2.18. The largest absolute Gasteiger partial charge is 0.492 e. The normalized spacial score (nSPS) is 12.3. The molecule has 4 aromatic rings. The van der Waals surface area contributed by atoms with Crippen molar-refractivity contribution in [3.8, 4) is 5.75 Å². The monoisotopic (exact) mass is 471 g/mol. The Hall–Kier alpha value is -2.73. The van der Waals surface area contributed by atoms with E-state index in [0.717, 1.165) is 33.1 Å². The zero-order chi connectivity index (χ0) is 22.7. The van der Waals surface area contributed by atoms with Crippen LogP contribution in [0.15, 0.2) is 60.7 Å². The molecule has 0 amide bonds. The SMILES string of the molecule is CCO[C@@H](Cc1ccc(OCCn2c3ccc(Cl)cc3c3cc(Cl)ccc32)cc1)C(=O)O. The molecule has 4 rings (SSSR count). The second kappa shape index (κ2) is 9.82. The molecular weight excluding hydrogens is 449 g/mol. The highest BCUT2D eigenvalue weighted by atomic mass is 35.5. The van der Waals surface area contributed by atoms with Crippen molar-refractivity contribution in [2.75, 3.05) is 13.2 Å². The average molecular weight is 472 g/mol. The van der Waals surface area contributed by atoms with Gasteiger partial charge in [0.05, 0.1) is 6.54 Å². The predicted octanol–water partition coefficient (Wildman–Crippen LogP) is 6.21. The van der Waals surface area contributed by atoms with Crippen LogP contribution >= 0.6 is 23.2 Å². The van der Waals surface area contributed by atoms with Gasteiger partial charge in [0, 0.05) is 44.9 Å². The van der Waals surface area contributed by atoms with Crippen LogP contribution in [-0.4, -0.2) is 35.0 Å². The zero-order valence-corrected chi connectivity index (χ0v) is 19.1. The molecule has 7 heteroatoms. The van der Waals surface area contributed by atoms with E-state index in [1.807, 2.05) is 60.7 Å². The Morgan fingerprint density at radius 3 is 2.09 bits per heavy atom. The molecule has 1 N–H and O–H groups in total. The molecule has 0 saturated heterocycles. The molecule has 0 aliphatic carbocycles. The van der Waals surface area contributed by atoms with E-state index in [-0.39, 0.29) is 0 Å². The maximum atomic E-state index is 11.3. The molecule has 1 heterocycles. The van der Waals surface area contributed by atoms with Crippen molar-refractivity contribution in [3.63, 3.8) is 0 Å². The highest BCUT2D eigenvalue weighted by molar-refractivity contribution is 6.33. The molecule has 0 fully saturated rings. The van der Waals surface area contributed by atoms with Crippen molar-refractivity contribution >= 4 is 51.0 Å². The lowest BCUT2D eigenvalue weighted by molar-refractivity contribution is -0.149. The molecule has 0 bridgehead atoms. The standard InChI is InChI=1S/C25H23Cl2NO4/c1-2-31-24(25(29)30)13-16-3-7-19(8-4-16)32-12-11-28-22-9-5-17(26)14-20(22)21-15-18(27)6-10-23(21)28/h3-10,14-15,24H,2,11-13H2,1H3,(H,29,30)/t24-/m0/s1. The summed E-state index contributed by atoms with van der Waals surface area (Å²) >= 11 is 12.4. The zero-order valence-electron chi connectivity index (χ0n) is 17.6. The number of aromatic nitrogens is 1. The smallest absolute Gasteiger partial charge is 0.333 e. The Morgan fingerprint density at radius 2 is 1.56 bits per heavy atom. The van der Waals surface area contributed by atoms with Gasteiger partial charge in [-0.1, -0.05) is 35.3 Å². The van der Waals surface area contributed by atoms with Crippen LogP contribution in [0.4, 0.5) is 0 Å². The van der Waals surface area contributed by atoms with Crippen LogP contribution in [0, 0.1) is 0 Å². The summed E-state index contributed by atoms with van der Waals surface area (Å²) in [6.45, 7) is 3.27. The summed E-state index contributed by atoms with van der Waals surface area (Å²) in [6, 6.07) is 19.1. The molecule has 1 aromatic heterocycles. The molecule has 32 heavy (non-hydrogen) atoms. The summed E-state index contributed by atoms with van der Waals surface area (Å²) in [7, 11) is 0. The van der Waals surface area contributed by atoms with Crippen molar-refractivity contribution in [1.29, 1.82) is 0 Å². The van der Waals surface area contributed by atoms with Crippen molar-refractivity contribution in [2.45, 2.75) is 26.0 Å². The van der Waals surface area contributed by atoms with E-state index in [1.165, 1.54) is 0 Å². The fourth-order valence-corrected chi connectivity index (χ4v) is 4.24. The van der Waals surface area contributed by atoms with Crippen LogP contribution in [0.5, 0.6) is 5.75 Å². The number of rotatable bonds is 9.